The van der Waals surface area contributed by atoms with Crippen LogP contribution in [0.4, 0.5) is 0 Å². The average Bonchev–Trinajstić information content (AvgIpc) is 2.46. The largest absolute Gasteiger partial charge is 0.508 e. The van der Waals surface area contributed by atoms with Crippen LogP contribution in [0.5, 0.6) is 5.75 Å². The zero-order valence-corrected chi connectivity index (χ0v) is 12.7. The van der Waals surface area contributed by atoms with Gasteiger partial charge in [-0.05, 0) is 44.5 Å². The number of ether oxygens (including phenoxy) is 1. The molecule has 1 fully saturated rings. The Balaban J connectivity index is 1.74. The summed E-state index contributed by atoms with van der Waals surface area (Å²) in [7, 11) is 2.00. The first-order chi connectivity index (χ1) is 10.0. The molecule has 5 nitrogen and oxygen atoms in total. The first-order valence-corrected chi connectivity index (χ1v) is 7.43. The van der Waals surface area contributed by atoms with Crippen molar-refractivity contribution in [3.63, 3.8) is 0 Å². The molecule has 1 saturated heterocycles. The first kappa shape index (κ1) is 15.8. The minimum atomic E-state index is -0.361. The van der Waals surface area contributed by atoms with E-state index in [1.54, 1.807) is 12.1 Å². The van der Waals surface area contributed by atoms with E-state index in [1.165, 1.54) is 0 Å². The molecule has 21 heavy (non-hydrogen) atoms. The molecule has 1 amide bonds. The Hall–Kier alpha value is -1.59. The van der Waals surface area contributed by atoms with Gasteiger partial charge >= 0.3 is 0 Å². The lowest BCUT2D eigenvalue weighted by atomic mass is 10.1. The SMILES string of the molecule is C[C@@H](CCc1ccc(O)cc1)NC(=O)[C@H]1CN(C)CCO1. The summed E-state index contributed by atoms with van der Waals surface area (Å²) in [5, 5.41) is 12.3. The smallest absolute Gasteiger partial charge is 0.250 e. The molecule has 1 aliphatic heterocycles. The number of rotatable bonds is 5. The number of nitrogens with zero attached hydrogens (tertiary/aromatic N) is 1. The first-order valence-electron chi connectivity index (χ1n) is 7.43. The quantitative estimate of drug-likeness (QED) is 0.855. The number of amides is 1. The standard InChI is InChI=1S/C16H24N2O3/c1-12(3-4-13-5-7-14(19)8-6-13)17-16(20)15-11-18(2)9-10-21-15/h5-8,12,15,19H,3-4,9-11H2,1-2H3,(H,17,20)/t12-,15+/m0/s1. The number of morpholine rings is 1. The van der Waals surface area contributed by atoms with E-state index in [0.717, 1.165) is 24.9 Å². The van der Waals surface area contributed by atoms with Crippen molar-refractivity contribution in [3.8, 4) is 5.75 Å². The maximum absolute atomic E-state index is 12.1. The molecular weight excluding hydrogens is 268 g/mol. The fraction of sp³-hybridized carbons (Fsp3) is 0.562. The van der Waals surface area contributed by atoms with Gasteiger partial charge in [-0.15, -0.1) is 0 Å². The van der Waals surface area contributed by atoms with Crippen molar-refractivity contribution in [1.29, 1.82) is 0 Å². The third-order valence-corrected chi connectivity index (χ3v) is 3.75. The second kappa shape index (κ2) is 7.43. The van der Waals surface area contributed by atoms with E-state index in [4.69, 9.17) is 4.74 Å². The van der Waals surface area contributed by atoms with Gasteiger partial charge in [0.25, 0.3) is 5.91 Å². The lowest BCUT2D eigenvalue weighted by Gasteiger charge is -2.30. The van der Waals surface area contributed by atoms with Crippen LogP contribution in [0.25, 0.3) is 0 Å². The zero-order chi connectivity index (χ0) is 15.2. The highest BCUT2D eigenvalue weighted by Crippen LogP contribution is 2.12. The summed E-state index contributed by atoms with van der Waals surface area (Å²) < 4.78 is 5.51. The van der Waals surface area contributed by atoms with Gasteiger partial charge in [-0.2, -0.15) is 0 Å². The molecule has 0 radical (unpaired) electrons. The van der Waals surface area contributed by atoms with Crippen molar-refractivity contribution in [2.45, 2.75) is 31.9 Å². The summed E-state index contributed by atoms with van der Waals surface area (Å²) in [5.41, 5.74) is 1.16. The van der Waals surface area contributed by atoms with E-state index in [-0.39, 0.29) is 23.8 Å². The summed E-state index contributed by atoms with van der Waals surface area (Å²) in [6, 6.07) is 7.28. The predicted octanol–water partition coefficient (Wildman–Crippen LogP) is 1.16. The van der Waals surface area contributed by atoms with Gasteiger partial charge in [-0.1, -0.05) is 12.1 Å². The van der Waals surface area contributed by atoms with Gasteiger partial charge < -0.3 is 20.1 Å². The number of nitrogens with one attached hydrogen (secondary N) is 1. The third kappa shape index (κ3) is 5.02. The summed E-state index contributed by atoms with van der Waals surface area (Å²) >= 11 is 0. The zero-order valence-electron chi connectivity index (χ0n) is 12.7. The highest BCUT2D eigenvalue weighted by Gasteiger charge is 2.25. The van der Waals surface area contributed by atoms with Crippen LogP contribution in [-0.2, 0) is 16.0 Å². The molecule has 0 unspecified atom stereocenters. The highest BCUT2D eigenvalue weighted by molar-refractivity contribution is 5.81. The van der Waals surface area contributed by atoms with Crippen LogP contribution in [0.3, 0.4) is 0 Å². The fourth-order valence-corrected chi connectivity index (χ4v) is 2.39. The number of benzene rings is 1. The number of phenolic OH excluding ortho intramolecular Hbond substituents is 1. The van der Waals surface area contributed by atoms with Crippen molar-refractivity contribution in [1.82, 2.24) is 10.2 Å². The van der Waals surface area contributed by atoms with Crippen molar-refractivity contribution >= 4 is 5.91 Å². The Morgan fingerprint density at radius 3 is 2.86 bits per heavy atom. The molecule has 1 heterocycles. The van der Waals surface area contributed by atoms with Gasteiger partial charge in [0.15, 0.2) is 0 Å². The van der Waals surface area contributed by atoms with Crippen molar-refractivity contribution in [2.24, 2.45) is 0 Å². The highest BCUT2D eigenvalue weighted by atomic mass is 16.5. The molecule has 0 aromatic heterocycles. The molecule has 1 aliphatic rings. The minimum absolute atomic E-state index is 0.0280. The summed E-state index contributed by atoms with van der Waals surface area (Å²) in [5.74, 6) is 0.249. The van der Waals surface area contributed by atoms with Crippen molar-refractivity contribution in [2.75, 3.05) is 26.7 Å². The number of hydrogen-bond donors (Lipinski definition) is 2. The topological polar surface area (TPSA) is 61.8 Å². The molecule has 2 rings (SSSR count). The van der Waals surface area contributed by atoms with E-state index < -0.39 is 0 Å². The Labute approximate surface area is 125 Å². The van der Waals surface area contributed by atoms with E-state index in [9.17, 15) is 9.90 Å². The van der Waals surface area contributed by atoms with Crippen LogP contribution in [-0.4, -0.2) is 54.8 Å². The van der Waals surface area contributed by atoms with E-state index in [0.29, 0.717) is 13.2 Å². The number of aromatic hydroxyl groups is 1. The summed E-state index contributed by atoms with van der Waals surface area (Å²) in [4.78, 5) is 14.2. The van der Waals surface area contributed by atoms with E-state index >= 15 is 0 Å². The third-order valence-electron chi connectivity index (χ3n) is 3.75. The molecule has 0 spiro atoms. The van der Waals surface area contributed by atoms with Crippen molar-refractivity contribution < 1.29 is 14.6 Å². The second-order valence-electron chi connectivity index (χ2n) is 5.74. The van der Waals surface area contributed by atoms with Crippen LogP contribution in [0.1, 0.15) is 18.9 Å². The molecular formula is C16H24N2O3. The van der Waals surface area contributed by atoms with Crippen LogP contribution >= 0.6 is 0 Å². The molecule has 116 valence electrons. The lowest BCUT2D eigenvalue weighted by molar-refractivity contribution is -0.138. The number of carbonyl (C=O) groups is 1. The summed E-state index contributed by atoms with van der Waals surface area (Å²) in [6.45, 7) is 4.14. The molecule has 0 aliphatic carbocycles. The normalized spacial score (nSPS) is 21.0. The maximum Gasteiger partial charge on any atom is 0.250 e. The molecule has 2 N–H and O–H groups in total. The summed E-state index contributed by atoms with van der Waals surface area (Å²) in [6.07, 6.45) is 1.37. The Bertz CT molecular complexity index is 461. The molecule has 5 heteroatoms. The number of carbonyl (C=O) groups excluding carboxylic acids is 1. The van der Waals surface area contributed by atoms with E-state index in [1.807, 2.05) is 26.1 Å². The van der Waals surface area contributed by atoms with Crippen LogP contribution < -0.4 is 5.32 Å². The van der Waals surface area contributed by atoms with Gasteiger partial charge in [0.1, 0.15) is 11.9 Å². The molecule has 1 aromatic rings. The Kier molecular flexibility index (Phi) is 5.59. The van der Waals surface area contributed by atoms with Crippen LogP contribution in [0, 0.1) is 0 Å². The number of hydrogen-bond acceptors (Lipinski definition) is 4. The monoisotopic (exact) mass is 292 g/mol. The van der Waals surface area contributed by atoms with Gasteiger partial charge in [0.05, 0.1) is 6.61 Å². The fourth-order valence-electron chi connectivity index (χ4n) is 2.39. The Morgan fingerprint density at radius 1 is 1.48 bits per heavy atom. The Morgan fingerprint density at radius 2 is 2.19 bits per heavy atom. The van der Waals surface area contributed by atoms with Gasteiger partial charge in [-0.3, -0.25) is 4.79 Å². The average molecular weight is 292 g/mol. The molecule has 1 aromatic carbocycles. The molecule has 0 saturated carbocycles. The number of aryl methyl sites for hydroxylation is 1. The van der Waals surface area contributed by atoms with Gasteiger partial charge in [-0.25, -0.2) is 0 Å². The second-order valence-corrected chi connectivity index (χ2v) is 5.74. The van der Waals surface area contributed by atoms with Crippen LogP contribution in [0.15, 0.2) is 24.3 Å². The van der Waals surface area contributed by atoms with Crippen LogP contribution in [0.2, 0.25) is 0 Å². The number of phenols is 1. The lowest BCUT2D eigenvalue weighted by Crippen LogP contribution is -2.50. The number of likely N-dealkylation sites (N-methyl/N-ethyl adjacent to an activating group) is 1. The van der Waals surface area contributed by atoms with Gasteiger partial charge in [0, 0.05) is 19.1 Å². The van der Waals surface area contributed by atoms with Crippen molar-refractivity contribution in [3.05, 3.63) is 29.8 Å². The molecule has 0 bridgehead atoms. The maximum atomic E-state index is 12.1. The predicted molar refractivity (Wildman–Crippen MR) is 81.3 cm³/mol. The van der Waals surface area contributed by atoms with Gasteiger partial charge in [0.2, 0.25) is 0 Å². The van der Waals surface area contributed by atoms with E-state index in [2.05, 4.69) is 10.2 Å². The minimum Gasteiger partial charge on any atom is -0.508 e. The molecule has 2 atom stereocenters.